The Morgan fingerprint density at radius 3 is 2.71 bits per heavy atom. The van der Waals surface area contributed by atoms with Crippen LogP contribution in [0.15, 0.2) is 18.6 Å². The van der Waals surface area contributed by atoms with Gasteiger partial charge in [0.25, 0.3) is 5.91 Å². The molecule has 9 heteroatoms. The van der Waals surface area contributed by atoms with Crippen molar-refractivity contribution in [3.05, 3.63) is 30.0 Å². The Labute approximate surface area is 98.7 Å². The molecule has 86 valence electrons. The first-order valence-electron chi connectivity index (χ1n) is 4.31. The smallest absolute Gasteiger partial charge is 0.358 e. The van der Waals surface area contributed by atoms with Gasteiger partial charge in [-0.1, -0.05) is 0 Å². The van der Waals surface area contributed by atoms with Crippen LogP contribution in [0.25, 0.3) is 0 Å². The monoisotopic (exact) mass is 251 g/mol. The molecule has 0 spiro atoms. The fourth-order valence-corrected chi connectivity index (χ4v) is 1.43. The zero-order valence-corrected chi connectivity index (χ0v) is 9.01. The lowest BCUT2D eigenvalue weighted by atomic mass is 10.3. The van der Waals surface area contributed by atoms with Crippen molar-refractivity contribution in [3.8, 4) is 0 Å². The fourth-order valence-electron chi connectivity index (χ4n) is 1.02. The van der Waals surface area contributed by atoms with E-state index in [-0.39, 0.29) is 17.2 Å². The number of aromatic carboxylic acids is 1. The summed E-state index contributed by atoms with van der Waals surface area (Å²) in [6.07, 6.45) is 3.78. The van der Waals surface area contributed by atoms with Gasteiger partial charge in [-0.15, -0.1) is 0 Å². The molecule has 2 rings (SSSR count). The van der Waals surface area contributed by atoms with E-state index in [4.69, 9.17) is 5.11 Å². The molecule has 0 saturated heterocycles. The molecule has 2 aromatic rings. The van der Waals surface area contributed by atoms with Crippen LogP contribution in [0.5, 0.6) is 0 Å². The van der Waals surface area contributed by atoms with Crippen LogP contribution < -0.4 is 5.32 Å². The lowest BCUT2D eigenvalue weighted by Crippen LogP contribution is -2.17. The third-order valence-electron chi connectivity index (χ3n) is 1.73. The molecular formula is C8H5N5O3S. The van der Waals surface area contributed by atoms with Gasteiger partial charge in [0.1, 0.15) is 0 Å². The molecule has 0 saturated carbocycles. The number of nitrogens with zero attached hydrogens (tertiary/aromatic N) is 4. The Morgan fingerprint density at radius 1 is 1.29 bits per heavy atom. The summed E-state index contributed by atoms with van der Waals surface area (Å²) in [6.45, 7) is 0. The van der Waals surface area contributed by atoms with Crippen molar-refractivity contribution in [2.45, 2.75) is 0 Å². The molecule has 0 radical (unpaired) electrons. The highest BCUT2D eigenvalue weighted by molar-refractivity contribution is 6.99. The molecule has 0 aliphatic rings. The molecule has 1 amide bonds. The van der Waals surface area contributed by atoms with Gasteiger partial charge in [0.2, 0.25) is 0 Å². The quantitative estimate of drug-likeness (QED) is 0.804. The molecule has 8 nitrogen and oxygen atoms in total. The van der Waals surface area contributed by atoms with E-state index >= 15 is 0 Å². The van der Waals surface area contributed by atoms with E-state index in [0.717, 1.165) is 11.7 Å². The molecule has 0 aliphatic heterocycles. The highest BCUT2D eigenvalue weighted by Crippen LogP contribution is 2.09. The third kappa shape index (κ3) is 2.39. The van der Waals surface area contributed by atoms with Crippen molar-refractivity contribution >= 4 is 29.4 Å². The summed E-state index contributed by atoms with van der Waals surface area (Å²) < 4.78 is 7.37. The molecule has 0 fully saturated rings. The standard InChI is InChI=1S/C8H5N5O3S/c14-7(4-3-11-17-13-4)12-6-5(8(15)16)9-1-2-10-6/h1-3H,(H,15,16)(H,10,12,14). The second-order valence-electron chi connectivity index (χ2n) is 2.81. The summed E-state index contributed by atoms with van der Waals surface area (Å²) in [6, 6.07) is 0. The highest BCUT2D eigenvalue weighted by Gasteiger charge is 2.16. The molecular weight excluding hydrogens is 246 g/mol. The van der Waals surface area contributed by atoms with Crippen LogP contribution in [-0.2, 0) is 0 Å². The third-order valence-corrected chi connectivity index (χ3v) is 2.20. The summed E-state index contributed by atoms with van der Waals surface area (Å²) in [7, 11) is 0. The van der Waals surface area contributed by atoms with Gasteiger partial charge in [-0.3, -0.25) is 4.79 Å². The minimum Gasteiger partial charge on any atom is -0.476 e. The molecule has 0 bridgehead atoms. The van der Waals surface area contributed by atoms with Crippen molar-refractivity contribution in [1.82, 2.24) is 18.7 Å². The Hall–Kier alpha value is -2.42. The molecule has 0 atom stereocenters. The number of anilines is 1. The van der Waals surface area contributed by atoms with Crippen LogP contribution in [0.4, 0.5) is 5.82 Å². The Balaban J connectivity index is 2.25. The summed E-state index contributed by atoms with van der Waals surface area (Å²) in [5.74, 6) is -1.98. The van der Waals surface area contributed by atoms with Gasteiger partial charge in [-0.05, 0) is 0 Å². The Kier molecular flexibility index (Phi) is 3.01. The van der Waals surface area contributed by atoms with Crippen LogP contribution in [0.1, 0.15) is 21.0 Å². The maximum atomic E-state index is 11.6. The second kappa shape index (κ2) is 4.61. The number of hydrogen-bond donors (Lipinski definition) is 2. The molecule has 17 heavy (non-hydrogen) atoms. The average Bonchev–Trinajstić information content (AvgIpc) is 2.83. The lowest BCUT2D eigenvalue weighted by molar-refractivity contribution is 0.0691. The number of aromatic nitrogens is 4. The largest absolute Gasteiger partial charge is 0.476 e. The number of nitrogens with one attached hydrogen (secondary N) is 1. The van der Waals surface area contributed by atoms with Gasteiger partial charge in [0, 0.05) is 12.4 Å². The highest BCUT2D eigenvalue weighted by atomic mass is 32.1. The summed E-state index contributed by atoms with van der Waals surface area (Å²) in [4.78, 5) is 29.7. The van der Waals surface area contributed by atoms with Gasteiger partial charge in [-0.2, -0.15) is 8.75 Å². The maximum Gasteiger partial charge on any atom is 0.358 e. The maximum absolute atomic E-state index is 11.6. The minimum atomic E-state index is -1.27. The van der Waals surface area contributed by atoms with Crippen molar-refractivity contribution in [2.24, 2.45) is 0 Å². The fraction of sp³-hybridized carbons (Fsp3) is 0. The van der Waals surface area contributed by atoms with Gasteiger partial charge >= 0.3 is 5.97 Å². The lowest BCUT2D eigenvalue weighted by Gasteiger charge is -2.03. The second-order valence-corrected chi connectivity index (χ2v) is 3.36. The number of amides is 1. The first kappa shape index (κ1) is 11.1. The number of rotatable bonds is 3. The molecule has 0 unspecified atom stereocenters. The first-order valence-corrected chi connectivity index (χ1v) is 5.04. The zero-order chi connectivity index (χ0) is 12.3. The average molecular weight is 251 g/mol. The van der Waals surface area contributed by atoms with Crippen LogP contribution in [0, 0.1) is 0 Å². The van der Waals surface area contributed by atoms with Gasteiger partial charge in [0.05, 0.1) is 17.9 Å². The van der Waals surface area contributed by atoms with E-state index in [9.17, 15) is 9.59 Å². The number of carboxylic acid groups (broad SMARTS) is 1. The van der Waals surface area contributed by atoms with Crippen LogP contribution >= 0.6 is 11.7 Å². The number of carbonyl (C=O) groups excluding carboxylic acids is 1. The Morgan fingerprint density at radius 2 is 2.06 bits per heavy atom. The van der Waals surface area contributed by atoms with Gasteiger partial charge in [0.15, 0.2) is 17.2 Å². The van der Waals surface area contributed by atoms with E-state index in [1.165, 1.54) is 18.6 Å². The van der Waals surface area contributed by atoms with Crippen LogP contribution in [0.2, 0.25) is 0 Å². The predicted octanol–water partition coefficient (Wildman–Crippen LogP) is 0.279. The van der Waals surface area contributed by atoms with Crippen LogP contribution in [-0.4, -0.2) is 35.7 Å². The summed E-state index contributed by atoms with van der Waals surface area (Å²) in [5.41, 5.74) is -0.235. The Bertz CT molecular complexity index is 556. The molecule has 2 heterocycles. The van der Waals surface area contributed by atoms with E-state index in [2.05, 4.69) is 24.0 Å². The predicted molar refractivity (Wildman–Crippen MR) is 56.9 cm³/mol. The van der Waals surface area contributed by atoms with E-state index in [1.54, 1.807) is 0 Å². The van der Waals surface area contributed by atoms with Crippen molar-refractivity contribution in [3.63, 3.8) is 0 Å². The minimum absolute atomic E-state index is 0.0944. The topological polar surface area (TPSA) is 118 Å². The van der Waals surface area contributed by atoms with Crippen LogP contribution in [0.3, 0.4) is 0 Å². The molecule has 0 aliphatic carbocycles. The normalized spacial score (nSPS) is 9.88. The van der Waals surface area contributed by atoms with Crippen molar-refractivity contribution in [2.75, 3.05) is 5.32 Å². The summed E-state index contributed by atoms with van der Waals surface area (Å²) in [5, 5.41) is 11.1. The van der Waals surface area contributed by atoms with Gasteiger partial charge in [-0.25, -0.2) is 14.8 Å². The van der Waals surface area contributed by atoms with E-state index in [0.29, 0.717) is 0 Å². The number of carboxylic acids is 1. The van der Waals surface area contributed by atoms with E-state index < -0.39 is 11.9 Å². The van der Waals surface area contributed by atoms with Gasteiger partial charge < -0.3 is 10.4 Å². The van der Waals surface area contributed by atoms with Crippen molar-refractivity contribution < 1.29 is 14.7 Å². The van der Waals surface area contributed by atoms with E-state index in [1.807, 2.05) is 0 Å². The molecule has 2 N–H and O–H groups in total. The van der Waals surface area contributed by atoms with Crippen molar-refractivity contribution in [1.29, 1.82) is 0 Å². The number of hydrogen-bond acceptors (Lipinski definition) is 7. The SMILES string of the molecule is O=C(Nc1nccnc1C(=O)O)c1cnsn1. The summed E-state index contributed by atoms with van der Waals surface area (Å²) >= 11 is 0.876. The molecule has 0 aromatic carbocycles. The number of carbonyl (C=O) groups is 2. The zero-order valence-electron chi connectivity index (χ0n) is 8.19. The molecule has 2 aromatic heterocycles. The first-order chi connectivity index (χ1) is 8.18.